The minimum absolute atomic E-state index is 0.00159. The van der Waals surface area contributed by atoms with Gasteiger partial charge in [-0.2, -0.15) is 0 Å². The van der Waals surface area contributed by atoms with E-state index in [1.807, 2.05) is 54.6 Å². The zero-order valence-corrected chi connectivity index (χ0v) is 35.6. The molecule has 6 rings (SSSR count). The highest BCUT2D eigenvalue weighted by Crippen LogP contribution is 2.21. The van der Waals surface area contributed by atoms with Crippen molar-refractivity contribution in [3.05, 3.63) is 126 Å². The number of aromatic nitrogens is 4. The van der Waals surface area contributed by atoms with Gasteiger partial charge in [0, 0.05) is 71.8 Å². The lowest BCUT2D eigenvalue weighted by molar-refractivity contribution is -0.134. The lowest BCUT2D eigenvalue weighted by Gasteiger charge is -2.26. The fourth-order valence-corrected chi connectivity index (χ4v) is 7.52. The lowest BCUT2D eigenvalue weighted by atomic mass is 10.0. The van der Waals surface area contributed by atoms with E-state index in [0.29, 0.717) is 30.6 Å². The van der Waals surface area contributed by atoms with E-state index < -0.39 is 71.7 Å². The van der Waals surface area contributed by atoms with Crippen LogP contribution in [0.1, 0.15) is 48.6 Å². The SMILES string of the molecule is C[C@@H](NC(=O)[C@@H](Cc1c[nH]c2ccccc12)NC(=O)[C@@H](N)Cc1cnc[nH]1)C(=O)N[C@@H](Cc1c[nH]c2ccccc12)C(=O)N[C@H](Cc1ccccc1)C(=O)N[C@@H](CCCCN)C(N)=O. The molecule has 3 aromatic carbocycles. The second-order valence-corrected chi connectivity index (χ2v) is 15.9. The number of amides is 6. The maximum absolute atomic E-state index is 14.4. The Kier molecular flexibility index (Phi) is 16.0. The van der Waals surface area contributed by atoms with Gasteiger partial charge in [-0.1, -0.05) is 66.7 Å². The van der Waals surface area contributed by atoms with Crippen LogP contribution < -0.4 is 43.8 Å². The third kappa shape index (κ3) is 12.4. The molecule has 0 aliphatic rings. The Hall–Kier alpha value is -7.31. The van der Waals surface area contributed by atoms with Crippen molar-refractivity contribution in [2.24, 2.45) is 17.2 Å². The van der Waals surface area contributed by atoms with Crippen molar-refractivity contribution in [2.45, 2.75) is 88.1 Å². The number of carbonyl (C=O) groups is 6. The normalized spacial score (nSPS) is 14.1. The van der Waals surface area contributed by atoms with Crippen LogP contribution in [0.25, 0.3) is 21.8 Å². The Morgan fingerprint density at radius 2 is 1.11 bits per heavy atom. The predicted molar refractivity (Wildman–Crippen MR) is 242 cm³/mol. The fourth-order valence-electron chi connectivity index (χ4n) is 7.52. The van der Waals surface area contributed by atoms with Gasteiger partial charge in [0.15, 0.2) is 0 Å². The van der Waals surface area contributed by atoms with Crippen molar-refractivity contribution < 1.29 is 28.8 Å². The van der Waals surface area contributed by atoms with E-state index in [2.05, 4.69) is 46.5 Å². The summed E-state index contributed by atoms with van der Waals surface area (Å²) in [5.74, 6) is -4.02. The number of carbonyl (C=O) groups excluding carboxylic acids is 6. The van der Waals surface area contributed by atoms with Gasteiger partial charge in [0.2, 0.25) is 35.4 Å². The second-order valence-electron chi connectivity index (χ2n) is 15.9. The fraction of sp³-hybridized carbons (Fsp3) is 0.326. The van der Waals surface area contributed by atoms with Crippen LogP contribution in [-0.2, 0) is 54.5 Å². The van der Waals surface area contributed by atoms with Gasteiger partial charge >= 0.3 is 0 Å². The molecule has 6 aromatic rings. The van der Waals surface area contributed by atoms with Crippen LogP contribution in [0, 0.1) is 0 Å². The van der Waals surface area contributed by atoms with Gasteiger partial charge in [-0.3, -0.25) is 28.8 Å². The van der Waals surface area contributed by atoms with Crippen molar-refractivity contribution >= 4 is 57.2 Å². The molecular formula is C46H56N12O6. The molecule has 0 spiro atoms. The van der Waals surface area contributed by atoms with Gasteiger partial charge in [0.25, 0.3) is 0 Å². The van der Waals surface area contributed by atoms with E-state index in [1.54, 1.807) is 42.9 Å². The molecule has 0 radical (unpaired) electrons. The molecule has 0 unspecified atom stereocenters. The molecule has 18 heteroatoms. The molecule has 64 heavy (non-hydrogen) atoms. The molecule has 0 aliphatic heterocycles. The van der Waals surface area contributed by atoms with Crippen LogP contribution in [0.15, 0.2) is 104 Å². The smallest absolute Gasteiger partial charge is 0.243 e. The predicted octanol–water partition coefficient (Wildman–Crippen LogP) is 1.03. The van der Waals surface area contributed by atoms with Gasteiger partial charge in [-0.25, -0.2) is 4.98 Å². The van der Waals surface area contributed by atoms with Gasteiger partial charge in [-0.05, 0) is 61.6 Å². The first-order valence-electron chi connectivity index (χ1n) is 21.3. The molecule has 6 atom stereocenters. The number of hydrogen-bond donors (Lipinski definition) is 11. The number of imidazole rings is 1. The maximum atomic E-state index is 14.4. The van der Waals surface area contributed by atoms with Gasteiger partial charge in [0.1, 0.15) is 30.2 Å². The first-order valence-corrected chi connectivity index (χ1v) is 21.3. The van der Waals surface area contributed by atoms with E-state index in [1.165, 1.54) is 13.3 Å². The number of unbranched alkanes of at least 4 members (excludes halogenated alkanes) is 1. The Bertz CT molecular complexity index is 2520. The Labute approximate surface area is 369 Å². The zero-order chi connectivity index (χ0) is 45.6. The molecule has 6 amide bonds. The zero-order valence-electron chi connectivity index (χ0n) is 35.6. The average molecular weight is 873 g/mol. The number of aromatic amines is 3. The first kappa shape index (κ1) is 46.2. The molecule has 3 heterocycles. The minimum Gasteiger partial charge on any atom is -0.368 e. The molecule has 0 saturated carbocycles. The maximum Gasteiger partial charge on any atom is 0.243 e. The Balaban J connectivity index is 1.22. The Morgan fingerprint density at radius 3 is 1.67 bits per heavy atom. The average Bonchev–Trinajstić information content (AvgIpc) is 4.06. The molecular weight excluding hydrogens is 817 g/mol. The minimum atomic E-state index is -1.25. The topological polar surface area (TPSA) is 301 Å². The molecule has 0 saturated heterocycles. The summed E-state index contributed by atoms with van der Waals surface area (Å²) >= 11 is 0. The van der Waals surface area contributed by atoms with Gasteiger partial charge < -0.3 is 58.7 Å². The summed E-state index contributed by atoms with van der Waals surface area (Å²) in [6.07, 6.45) is 8.21. The Morgan fingerprint density at radius 1 is 0.594 bits per heavy atom. The van der Waals surface area contributed by atoms with E-state index in [4.69, 9.17) is 17.2 Å². The van der Waals surface area contributed by atoms with Crippen molar-refractivity contribution in [3.63, 3.8) is 0 Å². The monoisotopic (exact) mass is 872 g/mol. The highest BCUT2D eigenvalue weighted by Gasteiger charge is 2.33. The van der Waals surface area contributed by atoms with Crippen LogP contribution in [0.5, 0.6) is 0 Å². The van der Waals surface area contributed by atoms with Crippen LogP contribution in [0.3, 0.4) is 0 Å². The van der Waals surface area contributed by atoms with Crippen LogP contribution >= 0.6 is 0 Å². The largest absolute Gasteiger partial charge is 0.368 e. The van der Waals surface area contributed by atoms with Crippen molar-refractivity contribution in [2.75, 3.05) is 6.54 Å². The van der Waals surface area contributed by atoms with E-state index in [-0.39, 0.29) is 32.1 Å². The van der Waals surface area contributed by atoms with E-state index in [0.717, 1.165) is 32.9 Å². The number of nitrogens with one attached hydrogen (secondary N) is 8. The molecule has 336 valence electrons. The van der Waals surface area contributed by atoms with Crippen molar-refractivity contribution in [3.8, 4) is 0 Å². The molecule has 3 aromatic heterocycles. The summed E-state index contributed by atoms with van der Waals surface area (Å²) in [5.41, 5.74) is 22.0. The highest BCUT2D eigenvalue weighted by molar-refractivity contribution is 5.97. The number of para-hydroxylation sites is 2. The number of benzene rings is 3. The number of H-pyrrole nitrogens is 3. The van der Waals surface area contributed by atoms with Crippen LogP contribution in [0.4, 0.5) is 0 Å². The summed E-state index contributed by atoms with van der Waals surface area (Å²) < 4.78 is 0. The highest BCUT2D eigenvalue weighted by atomic mass is 16.2. The lowest BCUT2D eigenvalue weighted by Crippen LogP contribution is -2.59. The number of nitrogens with zero attached hydrogens (tertiary/aromatic N) is 1. The quantitative estimate of drug-likeness (QED) is 0.0409. The van der Waals surface area contributed by atoms with Gasteiger partial charge in [-0.15, -0.1) is 0 Å². The number of fused-ring (bicyclic) bond motifs is 2. The van der Waals surface area contributed by atoms with Crippen LogP contribution in [0.2, 0.25) is 0 Å². The number of primary amides is 1. The molecule has 0 bridgehead atoms. The summed E-state index contributed by atoms with van der Waals surface area (Å²) in [5, 5.41) is 15.5. The number of nitrogens with two attached hydrogens (primary N) is 3. The summed E-state index contributed by atoms with van der Waals surface area (Å²) in [4.78, 5) is 95.6. The van der Waals surface area contributed by atoms with Crippen molar-refractivity contribution in [1.29, 1.82) is 0 Å². The van der Waals surface area contributed by atoms with E-state index in [9.17, 15) is 28.8 Å². The summed E-state index contributed by atoms with van der Waals surface area (Å²) in [7, 11) is 0. The molecule has 18 nitrogen and oxygen atoms in total. The third-order valence-electron chi connectivity index (χ3n) is 11.1. The number of hydrogen-bond acceptors (Lipinski definition) is 9. The summed E-state index contributed by atoms with van der Waals surface area (Å²) in [6, 6.07) is 17.2. The summed E-state index contributed by atoms with van der Waals surface area (Å²) in [6.45, 7) is 1.87. The number of rotatable bonds is 23. The molecule has 0 aliphatic carbocycles. The standard InChI is InChI=1S/C46H56N12O6/c1-27(54-44(62)39(20-29-23-51-35-15-7-5-13-32(29)35)57-43(61)34(48)22-31-25-50-26-53-31)42(60)56-40(21-30-24-52-36-16-8-6-14-33(30)36)46(64)58-38(19-28-11-3-2-4-12-28)45(63)55-37(41(49)59)17-9-10-18-47/h2-8,11-16,23-27,34,37-40,51-52H,9-10,17-22,47-48H2,1H3,(H2,49,59)(H,50,53)(H,54,62)(H,55,63)(H,56,60)(H,57,61)(H,58,64)/t27-,34+,37+,38-,39-,40+/m1/s1. The first-order chi connectivity index (χ1) is 30.9. The molecule has 14 N–H and O–H groups in total. The van der Waals surface area contributed by atoms with Gasteiger partial charge in [0.05, 0.1) is 12.4 Å². The van der Waals surface area contributed by atoms with Crippen LogP contribution in [-0.4, -0.2) is 98.2 Å². The third-order valence-corrected chi connectivity index (χ3v) is 11.1. The second kappa shape index (κ2) is 22.2. The molecule has 0 fully saturated rings. The van der Waals surface area contributed by atoms with E-state index >= 15 is 0 Å². The van der Waals surface area contributed by atoms with Crippen molar-refractivity contribution in [1.82, 2.24) is 46.5 Å².